The number of hydrogen-bond acceptors (Lipinski definition) is 5. The molecule has 1 N–H and O–H groups in total. The Hall–Kier alpha value is -2.79. The lowest BCUT2D eigenvalue weighted by molar-refractivity contribution is 0.0543. The fraction of sp³-hybridized carbons (Fsp3) is 0.348. The zero-order chi connectivity index (χ0) is 19.4. The van der Waals surface area contributed by atoms with Crippen LogP contribution in [0.2, 0.25) is 0 Å². The van der Waals surface area contributed by atoms with Gasteiger partial charge in [0.25, 0.3) is 0 Å². The van der Waals surface area contributed by atoms with Gasteiger partial charge in [0.05, 0.1) is 0 Å². The van der Waals surface area contributed by atoms with Crippen molar-refractivity contribution < 1.29 is 4.74 Å². The number of aromatic nitrogens is 3. The molecule has 1 aliphatic rings. The van der Waals surface area contributed by atoms with Crippen LogP contribution in [0.3, 0.4) is 0 Å². The zero-order valence-electron chi connectivity index (χ0n) is 16.5. The predicted molar refractivity (Wildman–Crippen MR) is 111 cm³/mol. The molecule has 3 aromatic rings. The number of ether oxygens (including phenoxy) is 1. The first-order valence-electron chi connectivity index (χ1n) is 9.82. The van der Waals surface area contributed by atoms with Gasteiger partial charge >= 0.3 is 0 Å². The number of hydrogen-bond donors (Lipinski definition) is 1. The van der Waals surface area contributed by atoms with Gasteiger partial charge in [-0.15, -0.1) is 0 Å². The summed E-state index contributed by atoms with van der Waals surface area (Å²) in [5, 5.41) is 3.64. The summed E-state index contributed by atoms with van der Waals surface area (Å²) in [6, 6.07) is 16.6. The molecule has 0 amide bonds. The molecule has 0 radical (unpaired) electrons. The molecule has 144 valence electrons. The molecule has 28 heavy (non-hydrogen) atoms. The van der Waals surface area contributed by atoms with Gasteiger partial charge in [-0.05, 0) is 44.4 Å². The number of aryl methyl sites for hydroxylation is 1. The maximum atomic E-state index is 5.66. The highest BCUT2D eigenvalue weighted by atomic mass is 16.5. The van der Waals surface area contributed by atoms with Crippen molar-refractivity contribution in [3.63, 3.8) is 0 Å². The molecule has 0 unspecified atom stereocenters. The molecule has 0 bridgehead atoms. The Labute approximate surface area is 166 Å². The quantitative estimate of drug-likeness (QED) is 0.721. The van der Waals surface area contributed by atoms with Gasteiger partial charge in [0.2, 0.25) is 0 Å². The second-order valence-corrected chi connectivity index (χ2v) is 7.43. The van der Waals surface area contributed by atoms with Gasteiger partial charge in [0, 0.05) is 42.6 Å². The Morgan fingerprint density at radius 3 is 2.43 bits per heavy atom. The average molecular weight is 374 g/mol. The third kappa shape index (κ3) is 3.76. The van der Waals surface area contributed by atoms with Gasteiger partial charge < -0.3 is 10.1 Å². The van der Waals surface area contributed by atoms with Crippen LogP contribution in [0.15, 0.2) is 54.7 Å². The van der Waals surface area contributed by atoms with Crippen molar-refractivity contribution in [1.29, 1.82) is 0 Å². The van der Waals surface area contributed by atoms with Crippen LogP contribution in [0.25, 0.3) is 11.5 Å². The number of pyridine rings is 1. The number of nitrogens with zero attached hydrogens (tertiary/aromatic N) is 3. The van der Waals surface area contributed by atoms with Gasteiger partial charge in [0.15, 0.2) is 5.82 Å². The second kappa shape index (κ2) is 8.07. The molecule has 0 atom stereocenters. The molecule has 1 aromatic carbocycles. The summed E-state index contributed by atoms with van der Waals surface area (Å²) in [4.78, 5) is 13.8. The van der Waals surface area contributed by atoms with Crippen LogP contribution in [0.1, 0.15) is 29.7 Å². The maximum absolute atomic E-state index is 5.66. The van der Waals surface area contributed by atoms with Crippen molar-refractivity contribution >= 4 is 5.82 Å². The lowest BCUT2D eigenvalue weighted by Gasteiger charge is -2.38. The topological polar surface area (TPSA) is 59.9 Å². The van der Waals surface area contributed by atoms with Crippen LogP contribution in [0.5, 0.6) is 0 Å². The van der Waals surface area contributed by atoms with E-state index in [0.29, 0.717) is 5.82 Å². The van der Waals surface area contributed by atoms with E-state index in [1.54, 1.807) is 6.20 Å². The number of rotatable bonds is 5. The normalized spacial score (nSPS) is 15.9. The molecule has 0 spiro atoms. The van der Waals surface area contributed by atoms with Crippen LogP contribution >= 0.6 is 0 Å². The van der Waals surface area contributed by atoms with Crippen LogP contribution in [-0.4, -0.2) is 34.7 Å². The van der Waals surface area contributed by atoms with E-state index in [1.807, 2.05) is 25.1 Å². The van der Waals surface area contributed by atoms with Crippen molar-refractivity contribution in [2.45, 2.75) is 32.1 Å². The van der Waals surface area contributed by atoms with Gasteiger partial charge in [-0.3, -0.25) is 4.98 Å². The first kappa shape index (κ1) is 18.6. The first-order chi connectivity index (χ1) is 13.7. The minimum Gasteiger partial charge on any atom is -0.381 e. The highest BCUT2D eigenvalue weighted by Gasteiger charge is 2.34. The van der Waals surface area contributed by atoms with E-state index >= 15 is 0 Å². The van der Waals surface area contributed by atoms with Crippen molar-refractivity contribution in [3.8, 4) is 11.5 Å². The van der Waals surface area contributed by atoms with E-state index in [0.717, 1.165) is 55.4 Å². The fourth-order valence-corrected chi connectivity index (χ4v) is 3.78. The Bertz CT molecular complexity index is 922. The van der Waals surface area contributed by atoms with Crippen LogP contribution in [0.4, 0.5) is 5.82 Å². The first-order valence-corrected chi connectivity index (χ1v) is 9.82. The van der Waals surface area contributed by atoms with Crippen molar-refractivity contribution in [1.82, 2.24) is 15.0 Å². The number of anilines is 1. The molecule has 3 heterocycles. The van der Waals surface area contributed by atoms with E-state index in [1.165, 1.54) is 5.56 Å². The summed E-state index contributed by atoms with van der Waals surface area (Å²) in [5.74, 6) is 1.54. The molecular weight excluding hydrogens is 348 g/mol. The van der Waals surface area contributed by atoms with Crippen molar-refractivity contribution in [2.75, 3.05) is 25.1 Å². The molecule has 4 rings (SSSR count). The molecule has 5 nitrogen and oxygen atoms in total. The molecular formula is C23H26N4O. The lowest BCUT2D eigenvalue weighted by atomic mass is 9.74. The summed E-state index contributed by atoms with van der Waals surface area (Å²) in [6.45, 7) is 6.49. The monoisotopic (exact) mass is 374 g/mol. The largest absolute Gasteiger partial charge is 0.381 e. The van der Waals surface area contributed by atoms with E-state index in [4.69, 9.17) is 9.72 Å². The highest BCUT2D eigenvalue weighted by molar-refractivity contribution is 5.56. The van der Waals surface area contributed by atoms with Gasteiger partial charge in [-0.25, -0.2) is 9.97 Å². The second-order valence-electron chi connectivity index (χ2n) is 7.43. The zero-order valence-corrected chi connectivity index (χ0v) is 16.5. The van der Waals surface area contributed by atoms with E-state index in [2.05, 4.69) is 52.5 Å². The number of benzene rings is 1. The number of nitrogens with one attached hydrogen (secondary N) is 1. The maximum Gasteiger partial charge on any atom is 0.180 e. The summed E-state index contributed by atoms with van der Waals surface area (Å²) in [6.07, 6.45) is 3.77. The summed E-state index contributed by atoms with van der Waals surface area (Å²) < 4.78 is 5.66. The smallest absolute Gasteiger partial charge is 0.180 e. The lowest BCUT2D eigenvalue weighted by Crippen LogP contribution is -2.40. The SMILES string of the molecule is Cc1nc(-c2ccccn2)nc(NCC2(c3ccccc3)CCOCC2)c1C. The average Bonchev–Trinajstić information content (AvgIpc) is 2.76. The predicted octanol–water partition coefficient (Wildman–Crippen LogP) is 4.32. The Morgan fingerprint density at radius 1 is 0.964 bits per heavy atom. The Morgan fingerprint density at radius 2 is 1.71 bits per heavy atom. The fourth-order valence-electron chi connectivity index (χ4n) is 3.78. The third-order valence-corrected chi connectivity index (χ3v) is 5.71. The van der Waals surface area contributed by atoms with Crippen LogP contribution in [-0.2, 0) is 10.2 Å². The summed E-state index contributed by atoms with van der Waals surface area (Å²) >= 11 is 0. The summed E-state index contributed by atoms with van der Waals surface area (Å²) in [7, 11) is 0. The highest BCUT2D eigenvalue weighted by Crippen LogP contribution is 2.35. The standard InChI is InChI=1S/C23H26N4O/c1-17-18(2)26-22(20-10-6-7-13-24-20)27-21(17)25-16-23(11-14-28-15-12-23)19-8-4-3-5-9-19/h3-10,13H,11-12,14-16H2,1-2H3,(H,25,26,27). The van der Waals surface area contributed by atoms with Crippen molar-refractivity contribution in [3.05, 3.63) is 71.5 Å². The molecule has 2 aromatic heterocycles. The van der Waals surface area contributed by atoms with E-state index in [-0.39, 0.29) is 5.41 Å². The van der Waals surface area contributed by atoms with Gasteiger partial charge in [-0.2, -0.15) is 0 Å². The van der Waals surface area contributed by atoms with Crippen LogP contribution in [0, 0.1) is 13.8 Å². The Kier molecular flexibility index (Phi) is 5.35. The minimum atomic E-state index is 0.0516. The molecule has 1 fully saturated rings. The van der Waals surface area contributed by atoms with E-state index in [9.17, 15) is 0 Å². The molecule has 1 aliphatic heterocycles. The van der Waals surface area contributed by atoms with Gasteiger partial charge in [-0.1, -0.05) is 36.4 Å². The molecule has 1 saturated heterocycles. The Balaban J connectivity index is 1.64. The molecule has 0 saturated carbocycles. The van der Waals surface area contributed by atoms with E-state index < -0.39 is 0 Å². The van der Waals surface area contributed by atoms with Crippen molar-refractivity contribution in [2.24, 2.45) is 0 Å². The minimum absolute atomic E-state index is 0.0516. The van der Waals surface area contributed by atoms with Crippen LogP contribution < -0.4 is 5.32 Å². The molecule has 0 aliphatic carbocycles. The third-order valence-electron chi connectivity index (χ3n) is 5.71. The van der Waals surface area contributed by atoms with Gasteiger partial charge in [0.1, 0.15) is 11.5 Å². The summed E-state index contributed by atoms with van der Waals surface area (Å²) in [5.41, 5.74) is 4.25. The molecule has 5 heteroatoms.